The summed E-state index contributed by atoms with van der Waals surface area (Å²) >= 11 is 0. The van der Waals surface area contributed by atoms with E-state index in [0.717, 1.165) is 57.3 Å². The second kappa shape index (κ2) is 10.3. The molecule has 2 aliphatic heterocycles. The van der Waals surface area contributed by atoms with Crippen LogP contribution in [0.1, 0.15) is 40.6 Å². The number of hydrogen-bond acceptors (Lipinski definition) is 6. The average Bonchev–Trinajstić information content (AvgIpc) is 3.42. The number of ether oxygens (including phenoxy) is 3. The molecular formula is C30H34N2O5. The van der Waals surface area contributed by atoms with Crippen molar-refractivity contribution in [2.45, 2.75) is 32.2 Å². The fraction of sp³-hybridized carbons (Fsp3) is 0.367. The molecule has 0 amide bonds. The van der Waals surface area contributed by atoms with Gasteiger partial charge in [0.2, 0.25) is 0 Å². The van der Waals surface area contributed by atoms with Crippen molar-refractivity contribution in [2.75, 3.05) is 45.8 Å². The largest absolute Gasteiger partial charge is 0.493 e. The molecule has 194 valence electrons. The summed E-state index contributed by atoms with van der Waals surface area (Å²) in [5, 5.41) is 12.7. The monoisotopic (exact) mass is 502 g/mol. The predicted molar refractivity (Wildman–Crippen MR) is 144 cm³/mol. The molecule has 7 heteroatoms. The van der Waals surface area contributed by atoms with E-state index in [2.05, 4.69) is 54.4 Å². The lowest BCUT2D eigenvalue weighted by Crippen LogP contribution is -2.19. The van der Waals surface area contributed by atoms with E-state index in [1.54, 1.807) is 0 Å². The number of anilines is 1. The highest BCUT2D eigenvalue weighted by Crippen LogP contribution is 2.45. The Morgan fingerprint density at radius 3 is 2.57 bits per heavy atom. The van der Waals surface area contributed by atoms with Gasteiger partial charge in [-0.1, -0.05) is 24.3 Å². The van der Waals surface area contributed by atoms with Gasteiger partial charge in [0.25, 0.3) is 0 Å². The molecular weight excluding hydrogens is 468 g/mol. The van der Waals surface area contributed by atoms with Crippen LogP contribution >= 0.6 is 0 Å². The lowest BCUT2D eigenvalue weighted by molar-refractivity contribution is -0.137. The van der Waals surface area contributed by atoms with E-state index in [9.17, 15) is 4.79 Å². The van der Waals surface area contributed by atoms with Gasteiger partial charge in [0.1, 0.15) is 30.5 Å². The van der Waals surface area contributed by atoms with Crippen molar-refractivity contribution in [2.24, 2.45) is 0 Å². The lowest BCUT2D eigenvalue weighted by Gasteiger charge is -2.17. The number of nitrogens with one attached hydrogen (secondary N) is 1. The molecule has 0 radical (unpaired) electrons. The molecule has 0 aromatic heterocycles. The Hall–Kier alpha value is -3.71. The van der Waals surface area contributed by atoms with Crippen LogP contribution < -0.4 is 19.5 Å². The number of nitrogens with zero attached hydrogens (tertiary/aromatic N) is 1. The van der Waals surface area contributed by atoms with Gasteiger partial charge in [-0.2, -0.15) is 0 Å². The van der Waals surface area contributed by atoms with Crippen molar-refractivity contribution in [1.29, 1.82) is 0 Å². The number of aliphatic carboxylic acids is 1. The van der Waals surface area contributed by atoms with Crippen LogP contribution in [0, 0.1) is 13.8 Å². The summed E-state index contributed by atoms with van der Waals surface area (Å²) < 4.78 is 18.0. The van der Waals surface area contributed by atoms with E-state index in [1.807, 2.05) is 32.3 Å². The molecule has 2 aliphatic rings. The smallest absolute Gasteiger partial charge is 0.304 e. The van der Waals surface area contributed by atoms with Crippen LogP contribution in [-0.4, -0.2) is 56.4 Å². The van der Waals surface area contributed by atoms with Gasteiger partial charge in [-0.15, -0.1) is 0 Å². The predicted octanol–water partition coefficient (Wildman–Crippen LogP) is 5.41. The maximum absolute atomic E-state index is 11.1. The SMILES string of the molecule is Cc1cc(OCCN(C)C)cc(C)c1-c1cccc2c1OC[C@H]2Nc1ccc2c(c1)OC[C@H]2CC(=O)O. The van der Waals surface area contributed by atoms with E-state index in [0.29, 0.717) is 19.8 Å². The molecule has 3 aromatic rings. The zero-order valence-electron chi connectivity index (χ0n) is 21.8. The Morgan fingerprint density at radius 2 is 1.84 bits per heavy atom. The summed E-state index contributed by atoms with van der Waals surface area (Å²) in [6.45, 7) is 6.68. The molecule has 0 bridgehead atoms. The molecule has 37 heavy (non-hydrogen) atoms. The van der Waals surface area contributed by atoms with Crippen molar-refractivity contribution < 1.29 is 24.1 Å². The zero-order valence-corrected chi connectivity index (χ0v) is 21.8. The number of para-hydroxylation sites is 1. The first-order valence-corrected chi connectivity index (χ1v) is 12.7. The molecule has 2 N–H and O–H groups in total. The van der Waals surface area contributed by atoms with E-state index in [4.69, 9.17) is 19.3 Å². The summed E-state index contributed by atoms with van der Waals surface area (Å²) in [7, 11) is 4.08. The topological polar surface area (TPSA) is 80.3 Å². The third kappa shape index (κ3) is 5.23. The van der Waals surface area contributed by atoms with E-state index in [-0.39, 0.29) is 18.4 Å². The van der Waals surface area contributed by atoms with Crippen molar-refractivity contribution in [1.82, 2.24) is 4.90 Å². The molecule has 0 aliphatic carbocycles. The van der Waals surface area contributed by atoms with Gasteiger partial charge < -0.3 is 29.5 Å². The number of likely N-dealkylation sites (N-methyl/N-ethyl adjacent to an activating group) is 1. The lowest BCUT2D eigenvalue weighted by atomic mass is 9.92. The third-order valence-corrected chi connectivity index (χ3v) is 7.05. The number of rotatable bonds is 9. The first-order valence-electron chi connectivity index (χ1n) is 12.7. The van der Waals surface area contributed by atoms with E-state index < -0.39 is 5.97 Å². The van der Waals surface area contributed by atoms with Crippen LogP contribution in [0.2, 0.25) is 0 Å². The second-order valence-corrected chi connectivity index (χ2v) is 10.2. The van der Waals surface area contributed by atoms with E-state index >= 15 is 0 Å². The van der Waals surface area contributed by atoms with Gasteiger partial charge in [-0.3, -0.25) is 4.79 Å². The summed E-state index contributed by atoms with van der Waals surface area (Å²) in [6, 6.07) is 16.4. The Morgan fingerprint density at radius 1 is 1.05 bits per heavy atom. The van der Waals surface area contributed by atoms with Crippen LogP contribution in [0.3, 0.4) is 0 Å². The van der Waals surface area contributed by atoms with Crippen LogP contribution in [-0.2, 0) is 4.79 Å². The maximum atomic E-state index is 11.1. The summed E-state index contributed by atoms with van der Waals surface area (Å²) in [5.41, 5.74) is 7.57. The van der Waals surface area contributed by atoms with E-state index in [1.165, 1.54) is 5.56 Å². The Labute approximate surface area is 218 Å². The number of carboxylic acids is 1. The fourth-order valence-corrected chi connectivity index (χ4v) is 5.29. The fourth-order valence-electron chi connectivity index (χ4n) is 5.29. The Kier molecular flexibility index (Phi) is 6.98. The van der Waals surface area contributed by atoms with Crippen LogP contribution in [0.25, 0.3) is 11.1 Å². The molecule has 0 saturated carbocycles. The zero-order chi connectivity index (χ0) is 26.1. The van der Waals surface area contributed by atoms with Crippen molar-refractivity contribution in [3.63, 3.8) is 0 Å². The van der Waals surface area contributed by atoms with Crippen molar-refractivity contribution >= 4 is 11.7 Å². The number of carboxylic acid groups (broad SMARTS) is 1. The van der Waals surface area contributed by atoms with Gasteiger partial charge >= 0.3 is 5.97 Å². The molecule has 0 saturated heterocycles. The van der Waals surface area contributed by atoms with Gasteiger partial charge in [0, 0.05) is 40.9 Å². The summed E-state index contributed by atoms with van der Waals surface area (Å²) in [6.07, 6.45) is 0.0778. The van der Waals surface area contributed by atoms with Gasteiger partial charge in [0.15, 0.2) is 0 Å². The van der Waals surface area contributed by atoms with Crippen LogP contribution in [0.4, 0.5) is 5.69 Å². The van der Waals surface area contributed by atoms with Gasteiger partial charge in [-0.25, -0.2) is 0 Å². The normalized spacial score (nSPS) is 17.6. The molecule has 0 unspecified atom stereocenters. The minimum atomic E-state index is -0.809. The molecule has 5 rings (SSSR count). The number of hydrogen-bond donors (Lipinski definition) is 2. The molecule has 7 nitrogen and oxygen atoms in total. The Balaban J connectivity index is 1.36. The number of benzene rings is 3. The van der Waals surface area contributed by atoms with Crippen molar-refractivity contribution in [3.8, 4) is 28.4 Å². The molecule has 0 fully saturated rings. The molecule has 0 spiro atoms. The standard InChI is InChI=1S/C30H34N2O5/c1-18-12-22(35-11-10-32(3)4)13-19(2)29(18)25-7-5-6-24-26(17-37-30(24)25)31-21-8-9-23-20(14-28(33)34)16-36-27(23)15-21/h5-9,12-13,15,20,26,31H,10-11,14,16-17H2,1-4H3,(H,33,34)/t20-,26-/m1/s1. The quantitative estimate of drug-likeness (QED) is 0.405. The molecule has 2 heterocycles. The molecule has 2 atom stereocenters. The third-order valence-electron chi connectivity index (χ3n) is 7.05. The van der Waals surface area contributed by atoms with Gasteiger partial charge in [0.05, 0.1) is 19.1 Å². The average molecular weight is 503 g/mol. The highest BCUT2D eigenvalue weighted by Gasteiger charge is 2.30. The van der Waals surface area contributed by atoms with Crippen LogP contribution in [0.15, 0.2) is 48.5 Å². The summed E-state index contributed by atoms with van der Waals surface area (Å²) in [4.78, 5) is 13.2. The second-order valence-electron chi connectivity index (χ2n) is 10.2. The number of carbonyl (C=O) groups is 1. The minimum absolute atomic E-state index is 0.00141. The highest BCUT2D eigenvalue weighted by atomic mass is 16.5. The number of fused-ring (bicyclic) bond motifs is 2. The van der Waals surface area contributed by atoms with Crippen LogP contribution in [0.5, 0.6) is 17.2 Å². The maximum Gasteiger partial charge on any atom is 0.304 e. The highest BCUT2D eigenvalue weighted by molar-refractivity contribution is 5.79. The summed E-state index contributed by atoms with van der Waals surface area (Å²) in [5.74, 6) is 1.64. The first kappa shape index (κ1) is 25.0. The first-order chi connectivity index (χ1) is 17.8. The molecule has 3 aromatic carbocycles. The Bertz CT molecular complexity index is 1300. The van der Waals surface area contributed by atoms with Gasteiger partial charge in [-0.05, 0) is 62.8 Å². The number of aryl methyl sites for hydroxylation is 2. The van der Waals surface area contributed by atoms with Crippen molar-refractivity contribution in [3.05, 3.63) is 70.8 Å². The minimum Gasteiger partial charge on any atom is -0.493 e.